The maximum absolute atomic E-state index is 12.1. The van der Waals surface area contributed by atoms with Crippen molar-refractivity contribution >= 4 is 11.8 Å². The van der Waals surface area contributed by atoms with Crippen LogP contribution in [0.15, 0.2) is 18.2 Å². The van der Waals surface area contributed by atoms with Crippen LogP contribution in [-0.4, -0.2) is 16.9 Å². The van der Waals surface area contributed by atoms with E-state index < -0.39 is 11.4 Å². The SMILES string of the molecule is CCCCc1ccc2c(c1)C(=O)CC2(C)CC(=O)O. The third-order valence-electron chi connectivity index (χ3n) is 3.95. The summed E-state index contributed by atoms with van der Waals surface area (Å²) in [6.07, 6.45) is 3.54. The van der Waals surface area contributed by atoms with Gasteiger partial charge in [-0.1, -0.05) is 32.4 Å². The van der Waals surface area contributed by atoms with Crippen LogP contribution in [-0.2, 0) is 16.6 Å². The Morgan fingerprint density at radius 1 is 1.42 bits per heavy atom. The summed E-state index contributed by atoms with van der Waals surface area (Å²) >= 11 is 0. The minimum absolute atomic E-state index is 0.0139. The molecule has 1 aliphatic carbocycles. The first kappa shape index (κ1) is 13.8. The van der Waals surface area contributed by atoms with Crippen molar-refractivity contribution < 1.29 is 14.7 Å². The molecule has 0 spiro atoms. The number of fused-ring (bicyclic) bond motifs is 1. The summed E-state index contributed by atoms with van der Waals surface area (Å²) < 4.78 is 0. The van der Waals surface area contributed by atoms with Crippen molar-refractivity contribution in [3.05, 3.63) is 34.9 Å². The molecule has 102 valence electrons. The number of carboxylic acid groups (broad SMARTS) is 1. The average molecular weight is 260 g/mol. The van der Waals surface area contributed by atoms with Gasteiger partial charge in [-0.15, -0.1) is 0 Å². The van der Waals surface area contributed by atoms with Gasteiger partial charge in [-0.2, -0.15) is 0 Å². The molecule has 1 aromatic carbocycles. The fourth-order valence-corrected chi connectivity index (χ4v) is 2.92. The fraction of sp³-hybridized carbons (Fsp3) is 0.500. The molecule has 1 aliphatic rings. The van der Waals surface area contributed by atoms with Gasteiger partial charge in [-0.25, -0.2) is 0 Å². The van der Waals surface area contributed by atoms with Crippen molar-refractivity contribution in [2.75, 3.05) is 0 Å². The van der Waals surface area contributed by atoms with E-state index in [4.69, 9.17) is 5.11 Å². The van der Waals surface area contributed by atoms with Crippen LogP contribution in [0.4, 0.5) is 0 Å². The average Bonchev–Trinajstić information content (AvgIpc) is 2.57. The molecule has 3 nitrogen and oxygen atoms in total. The Morgan fingerprint density at radius 2 is 2.16 bits per heavy atom. The number of Topliss-reactive ketones (excluding diaryl/α,β-unsaturated/α-hetero) is 1. The number of hydrogen-bond donors (Lipinski definition) is 1. The van der Waals surface area contributed by atoms with Gasteiger partial charge in [-0.3, -0.25) is 9.59 Å². The monoisotopic (exact) mass is 260 g/mol. The third-order valence-corrected chi connectivity index (χ3v) is 3.95. The van der Waals surface area contributed by atoms with Gasteiger partial charge in [-0.05, 0) is 30.0 Å². The predicted molar refractivity (Wildman–Crippen MR) is 73.6 cm³/mol. The Labute approximate surface area is 113 Å². The molecule has 0 saturated heterocycles. The second-order valence-electron chi connectivity index (χ2n) is 5.71. The van der Waals surface area contributed by atoms with E-state index in [1.807, 2.05) is 25.1 Å². The van der Waals surface area contributed by atoms with Gasteiger partial charge >= 0.3 is 5.97 Å². The van der Waals surface area contributed by atoms with Gasteiger partial charge in [0.15, 0.2) is 5.78 Å². The Kier molecular flexibility index (Phi) is 3.74. The largest absolute Gasteiger partial charge is 0.481 e. The van der Waals surface area contributed by atoms with Gasteiger partial charge in [0.05, 0.1) is 6.42 Å². The lowest BCUT2D eigenvalue weighted by molar-refractivity contribution is -0.138. The summed E-state index contributed by atoms with van der Waals surface area (Å²) in [6, 6.07) is 5.95. The number of aryl methyl sites for hydroxylation is 1. The molecule has 0 amide bonds. The van der Waals surface area contributed by atoms with Gasteiger partial charge in [0, 0.05) is 17.4 Å². The van der Waals surface area contributed by atoms with E-state index in [0.29, 0.717) is 6.42 Å². The second-order valence-corrected chi connectivity index (χ2v) is 5.71. The van der Waals surface area contributed by atoms with Crippen molar-refractivity contribution in [2.45, 2.75) is 51.4 Å². The van der Waals surface area contributed by atoms with Crippen LogP contribution in [0, 0.1) is 0 Å². The van der Waals surface area contributed by atoms with Crippen LogP contribution in [0.5, 0.6) is 0 Å². The summed E-state index contributed by atoms with van der Waals surface area (Å²) in [4.78, 5) is 23.1. The Morgan fingerprint density at radius 3 is 2.79 bits per heavy atom. The molecule has 1 N–H and O–H groups in total. The Bertz CT molecular complexity index is 519. The van der Waals surface area contributed by atoms with Crippen molar-refractivity contribution in [3.63, 3.8) is 0 Å². The van der Waals surface area contributed by atoms with E-state index in [-0.39, 0.29) is 12.2 Å². The van der Waals surface area contributed by atoms with Gasteiger partial charge in [0.2, 0.25) is 0 Å². The first-order chi connectivity index (χ1) is 8.96. The molecule has 0 heterocycles. The summed E-state index contributed by atoms with van der Waals surface area (Å²) in [7, 11) is 0. The number of ketones is 1. The number of carbonyl (C=O) groups excluding carboxylic acids is 1. The maximum Gasteiger partial charge on any atom is 0.304 e. The quantitative estimate of drug-likeness (QED) is 0.883. The summed E-state index contributed by atoms with van der Waals surface area (Å²) in [5, 5.41) is 9.01. The van der Waals surface area contributed by atoms with Crippen molar-refractivity contribution in [1.29, 1.82) is 0 Å². The van der Waals surface area contributed by atoms with Gasteiger partial charge < -0.3 is 5.11 Å². The van der Waals surface area contributed by atoms with Crippen LogP contribution in [0.3, 0.4) is 0 Å². The van der Waals surface area contributed by atoms with E-state index in [9.17, 15) is 9.59 Å². The maximum atomic E-state index is 12.1. The molecule has 0 saturated carbocycles. The third kappa shape index (κ3) is 2.70. The van der Waals surface area contributed by atoms with Crippen LogP contribution in [0.2, 0.25) is 0 Å². The van der Waals surface area contributed by atoms with Crippen LogP contribution in [0.1, 0.15) is 61.0 Å². The van der Waals surface area contributed by atoms with E-state index in [0.717, 1.165) is 30.4 Å². The zero-order valence-electron chi connectivity index (χ0n) is 11.5. The highest BCUT2D eigenvalue weighted by Gasteiger charge is 2.41. The highest BCUT2D eigenvalue weighted by atomic mass is 16.4. The second kappa shape index (κ2) is 5.16. The van der Waals surface area contributed by atoms with E-state index in [1.165, 1.54) is 5.56 Å². The molecular weight excluding hydrogens is 240 g/mol. The lowest BCUT2D eigenvalue weighted by Crippen LogP contribution is -2.23. The lowest BCUT2D eigenvalue weighted by atomic mass is 9.80. The minimum atomic E-state index is -0.849. The molecule has 3 heteroatoms. The molecule has 0 aliphatic heterocycles. The van der Waals surface area contributed by atoms with Crippen molar-refractivity contribution in [2.24, 2.45) is 0 Å². The molecular formula is C16H20O3. The number of rotatable bonds is 5. The van der Waals surface area contributed by atoms with E-state index >= 15 is 0 Å². The fourth-order valence-electron chi connectivity index (χ4n) is 2.92. The van der Waals surface area contributed by atoms with Crippen LogP contribution in [0.25, 0.3) is 0 Å². The number of benzene rings is 1. The first-order valence-corrected chi connectivity index (χ1v) is 6.84. The van der Waals surface area contributed by atoms with Crippen molar-refractivity contribution in [1.82, 2.24) is 0 Å². The number of unbranched alkanes of at least 4 members (excludes halogenated alkanes) is 1. The highest BCUT2D eigenvalue weighted by Crippen LogP contribution is 2.41. The van der Waals surface area contributed by atoms with Crippen LogP contribution < -0.4 is 0 Å². The first-order valence-electron chi connectivity index (χ1n) is 6.84. The molecule has 2 rings (SSSR count). The van der Waals surface area contributed by atoms with Gasteiger partial charge in [0.25, 0.3) is 0 Å². The normalized spacial score (nSPS) is 21.5. The molecule has 19 heavy (non-hydrogen) atoms. The topological polar surface area (TPSA) is 54.4 Å². The van der Waals surface area contributed by atoms with E-state index in [1.54, 1.807) is 0 Å². The molecule has 0 radical (unpaired) electrons. The number of carbonyl (C=O) groups is 2. The number of carboxylic acids is 1. The molecule has 0 bridgehead atoms. The zero-order chi connectivity index (χ0) is 14.0. The highest BCUT2D eigenvalue weighted by molar-refractivity contribution is 6.02. The zero-order valence-corrected chi connectivity index (χ0v) is 11.5. The molecule has 1 aromatic rings. The summed E-state index contributed by atoms with van der Waals surface area (Å²) in [5.41, 5.74) is 2.27. The minimum Gasteiger partial charge on any atom is -0.481 e. The molecule has 1 unspecified atom stereocenters. The number of hydrogen-bond acceptors (Lipinski definition) is 2. The van der Waals surface area contributed by atoms with Crippen LogP contribution >= 0.6 is 0 Å². The van der Waals surface area contributed by atoms with Gasteiger partial charge in [0.1, 0.15) is 0 Å². The van der Waals surface area contributed by atoms with E-state index in [2.05, 4.69) is 6.92 Å². The molecule has 0 fully saturated rings. The smallest absolute Gasteiger partial charge is 0.304 e. The standard InChI is InChI=1S/C16H20O3/c1-3-4-5-11-6-7-13-12(8-11)14(17)9-16(13,2)10-15(18)19/h6-8H,3-5,9-10H2,1-2H3,(H,18,19). The van der Waals surface area contributed by atoms with Crippen molar-refractivity contribution in [3.8, 4) is 0 Å². The lowest BCUT2D eigenvalue weighted by Gasteiger charge is -2.22. The number of aliphatic carboxylic acids is 1. The summed E-state index contributed by atoms with van der Waals surface area (Å²) in [6.45, 7) is 4.01. The summed E-state index contributed by atoms with van der Waals surface area (Å²) in [5.74, 6) is -0.768. The molecule has 0 aromatic heterocycles. The predicted octanol–water partition coefficient (Wildman–Crippen LogP) is 3.35. The Hall–Kier alpha value is -1.64. The molecule has 1 atom stereocenters. The Balaban J connectivity index is 2.33.